The Bertz CT molecular complexity index is 879. The Morgan fingerprint density at radius 3 is 2.50 bits per heavy atom. The zero-order valence-electron chi connectivity index (χ0n) is 14.4. The van der Waals surface area contributed by atoms with Crippen LogP contribution in [0, 0.1) is 6.92 Å². The summed E-state index contributed by atoms with van der Waals surface area (Å²) >= 11 is 8.80. The molecule has 4 nitrogen and oxygen atoms in total. The van der Waals surface area contributed by atoms with Gasteiger partial charge in [-0.2, -0.15) is 0 Å². The molecule has 0 aliphatic heterocycles. The lowest BCUT2D eigenvalue weighted by Gasteiger charge is -2.13. The highest BCUT2D eigenvalue weighted by molar-refractivity contribution is 8.00. The molecular weight excluding hydrogens is 386 g/mol. The van der Waals surface area contributed by atoms with Crippen LogP contribution in [0.15, 0.2) is 53.4 Å². The number of nitrogens with one attached hydrogen (secondary N) is 1. The number of aryl methyl sites for hydroxylation is 1. The highest BCUT2D eigenvalue weighted by atomic mass is 35.5. The van der Waals surface area contributed by atoms with Gasteiger partial charge in [-0.25, -0.2) is 0 Å². The van der Waals surface area contributed by atoms with Crippen molar-refractivity contribution >= 4 is 45.7 Å². The summed E-state index contributed by atoms with van der Waals surface area (Å²) in [6.07, 6.45) is 0.711. The lowest BCUT2D eigenvalue weighted by atomic mass is 10.2. The molecule has 0 radical (unpaired) electrons. The molecule has 0 aliphatic rings. The van der Waals surface area contributed by atoms with Crippen molar-refractivity contribution in [1.82, 2.24) is 10.2 Å². The predicted molar refractivity (Wildman–Crippen MR) is 110 cm³/mol. The van der Waals surface area contributed by atoms with Gasteiger partial charge in [0.15, 0.2) is 0 Å². The SMILES string of the molecule is CC[C@@H](Sc1ccc(Cl)cc1)C(=O)Nc1nnc(-c2ccc(C)cc2)s1. The summed E-state index contributed by atoms with van der Waals surface area (Å²) < 4.78 is 0. The van der Waals surface area contributed by atoms with Crippen molar-refractivity contribution in [3.8, 4) is 10.6 Å². The van der Waals surface area contributed by atoms with Crippen LogP contribution in [0.25, 0.3) is 10.6 Å². The summed E-state index contributed by atoms with van der Waals surface area (Å²) in [5.41, 5.74) is 2.19. The molecule has 1 aromatic heterocycles. The quantitative estimate of drug-likeness (QED) is 0.538. The first-order valence-electron chi connectivity index (χ1n) is 8.19. The number of amides is 1. The van der Waals surface area contributed by atoms with Crippen molar-refractivity contribution in [3.05, 3.63) is 59.1 Å². The van der Waals surface area contributed by atoms with Crippen LogP contribution in [0.1, 0.15) is 18.9 Å². The molecule has 134 valence electrons. The third kappa shape index (κ3) is 4.84. The van der Waals surface area contributed by atoms with E-state index in [2.05, 4.69) is 15.5 Å². The predicted octanol–water partition coefficient (Wildman–Crippen LogP) is 5.68. The topological polar surface area (TPSA) is 54.9 Å². The molecule has 0 bridgehead atoms. The van der Waals surface area contributed by atoms with Crippen LogP contribution < -0.4 is 5.32 Å². The number of thioether (sulfide) groups is 1. The molecule has 26 heavy (non-hydrogen) atoms. The van der Waals surface area contributed by atoms with Gasteiger partial charge in [0.2, 0.25) is 11.0 Å². The molecule has 1 N–H and O–H groups in total. The van der Waals surface area contributed by atoms with Gasteiger partial charge in [0.1, 0.15) is 5.01 Å². The number of halogens is 1. The van der Waals surface area contributed by atoms with E-state index in [0.29, 0.717) is 16.6 Å². The number of benzene rings is 2. The summed E-state index contributed by atoms with van der Waals surface area (Å²) in [6, 6.07) is 15.6. The standard InChI is InChI=1S/C19H18ClN3OS2/c1-3-16(25-15-10-8-14(20)9-11-15)17(24)21-19-23-22-18(26-19)13-6-4-12(2)5-7-13/h4-11,16H,3H2,1-2H3,(H,21,23,24)/t16-/m1/s1. The van der Waals surface area contributed by atoms with E-state index >= 15 is 0 Å². The molecule has 0 aliphatic carbocycles. The fourth-order valence-electron chi connectivity index (χ4n) is 2.27. The van der Waals surface area contributed by atoms with Crippen LogP contribution in [-0.4, -0.2) is 21.4 Å². The smallest absolute Gasteiger partial charge is 0.239 e. The number of hydrogen-bond acceptors (Lipinski definition) is 5. The monoisotopic (exact) mass is 403 g/mol. The van der Waals surface area contributed by atoms with Crippen LogP contribution in [0.4, 0.5) is 5.13 Å². The van der Waals surface area contributed by atoms with Gasteiger partial charge >= 0.3 is 0 Å². The summed E-state index contributed by atoms with van der Waals surface area (Å²) in [5.74, 6) is -0.0703. The van der Waals surface area contributed by atoms with Crippen LogP contribution in [0.3, 0.4) is 0 Å². The molecule has 3 rings (SSSR count). The Balaban J connectivity index is 1.66. The van der Waals surface area contributed by atoms with Crippen molar-refractivity contribution < 1.29 is 4.79 Å². The van der Waals surface area contributed by atoms with E-state index in [4.69, 9.17) is 11.6 Å². The Morgan fingerprint density at radius 2 is 1.85 bits per heavy atom. The van der Waals surface area contributed by atoms with Gasteiger partial charge < -0.3 is 0 Å². The maximum atomic E-state index is 12.6. The number of anilines is 1. The maximum absolute atomic E-state index is 12.6. The summed E-state index contributed by atoms with van der Waals surface area (Å²) in [5, 5.41) is 12.9. The second kappa shape index (κ2) is 8.66. The first kappa shape index (κ1) is 18.9. The van der Waals surface area contributed by atoms with Gasteiger partial charge in [-0.3, -0.25) is 10.1 Å². The Hall–Kier alpha value is -1.89. The largest absolute Gasteiger partial charge is 0.300 e. The van der Waals surface area contributed by atoms with E-state index < -0.39 is 0 Å². The highest BCUT2D eigenvalue weighted by Crippen LogP contribution is 2.30. The molecule has 3 aromatic rings. The minimum atomic E-state index is -0.206. The summed E-state index contributed by atoms with van der Waals surface area (Å²) in [7, 11) is 0. The Morgan fingerprint density at radius 1 is 1.15 bits per heavy atom. The zero-order valence-corrected chi connectivity index (χ0v) is 16.8. The van der Waals surface area contributed by atoms with Crippen LogP contribution in [0.2, 0.25) is 5.02 Å². The maximum Gasteiger partial charge on any atom is 0.239 e. The first-order chi connectivity index (χ1) is 12.5. The molecule has 1 amide bonds. The molecule has 1 heterocycles. The van der Waals surface area contributed by atoms with Gasteiger partial charge in [0, 0.05) is 15.5 Å². The lowest BCUT2D eigenvalue weighted by molar-refractivity contribution is -0.115. The molecule has 7 heteroatoms. The molecular formula is C19H18ClN3OS2. The molecule has 0 fully saturated rings. The van der Waals surface area contributed by atoms with Gasteiger partial charge in [-0.15, -0.1) is 22.0 Å². The number of carbonyl (C=O) groups is 1. The number of carbonyl (C=O) groups excluding carboxylic acids is 1. The summed E-state index contributed by atoms with van der Waals surface area (Å²) in [6.45, 7) is 4.03. The van der Waals surface area contributed by atoms with Crippen LogP contribution >= 0.6 is 34.7 Å². The van der Waals surface area contributed by atoms with Gasteiger partial charge in [-0.1, -0.05) is 59.7 Å². The van der Waals surface area contributed by atoms with E-state index in [-0.39, 0.29) is 11.2 Å². The molecule has 0 saturated carbocycles. The average Bonchev–Trinajstić information content (AvgIpc) is 3.10. The molecule has 2 aromatic carbocycles. The van der Waals surface area contributed by atoms with E-state index in [1.165, 1.54) is 28.7 Å². The van der Waals surface area contributed by atoms with E-state index in [1.807, 2.05) is 62.4 Å². The number of nitrogens with zero attached hydrogens (tertiary/aromatic N) is 2. The molecule has 0 unspecified atom stereocenters. The average molecular weight is 404 g/mol. The fraction of sp³-hybridized carbons (Fsp3) is 0.211. The van der Waals surface area contributed by atoms with E-state index in [1.54, 1.807) is 0 Å². The van der Waals surface area contributed by atoms with Crippen molar-refractivity contribution in [1.29, 1.82) is 0 Å². The van der Waals surface area contributed by atoms with Crippen molar-refractivity contribution in [3.63, 3.8) is 0 Å². The minimum Gasteiger partial charge on any atom is -0.300 e. The second-order valence-corrected chi connectivity index (χ2v) is 8.43. The second-order valence-electron chi connectivity index (χ2n) is 5.74. The Kier molecular flexibility index (Phi) is 6.29. The van der Waals surface area contributed by atoms with Gasteiger partial charge in [0.05, 0.1) is 5.25 Å². The molecule has 0 spiro atoms. The van der Waals surface area contributed by atoms with Gasteiger partial charge in [-0.05, 0) is 37.6 Å². The highest BCUT2D eigenvalue weighted by Gasteiger charge is 2.20. The van der Waals surface area contributed by atoms with Crippen LogP contribution in [-0.2, 0) is 4.79 Å². The third-order valence-electron chi connectivity index (χ3n) is 3.71. The molecule has 0 saturated heterocycles. The fourth-order valence-corrected chi connectivity index (χ4v) is 4.10. The first-order valence-corrected chi connectivity index (χ1v) is 10.3. The van der Waals surface area contributed by atoms with E-state index in [9.17, 15) is 4.79 Å². The van der Waals surface area contributed by atoms with Gasteiger partial charge in [0.25, 0.3) is 0 Å². The van der Waals surface area contributed by atoms with Crippen molar-refractivity contribution in [2.75, 3.05) is 5.32 Å². The Labute approximate surface area is 166 Å². The lowest BCUT2D eigenvalue weighted by Crippen LogP contribution is -2.24. The van der Waals surface area contributed by atoms with Crippen molar-refractivity contribution in [2.45, 2.75) is 30.4 Å². The number of hydrogen-bond donors (Lipinski definition) is 1. The minimum absolute atomic E-state index is 0.0703. The number of rotatable bonds is 6. The molecule has 1 atom stereocenters. The number of aromatic nitrogens is 2. The summed E-state index contributed by atoms with van der Waals surface area (Å²) in [4.78, 5) is 13.6. The zero-order chi connectivity index (χ0) is 18.5. The normalized spacial score (nSPS) is 12.0. The third-order valence-corrected chi connectivity index (χ3v) is 6.22. The van der Waals surface area contributed by atoms with E-state index in [0.717, 1.165) is 15.5 Å². The van der Waals surface area contributed by atoms with Crippen LogP contribution in [0.5, 0.6) is 0 Å². The van der Waals surface area contributed by atoms with Crippen molar-refractivity contribution in [2.24, 2.45) is 0 Å².